The maximum Gasteiger partial charge on any atom is 0.194 e. The summed E-state index contributed by atoms with van der Waals surface area (Å²) in [6, 6.07) is 0.0642. The van der Waals surface area contributed by atoms with Crippen molar-refractivity contribution in [2.24, 2.45) is 10.3 Å². The Balaban J connectivity index is 2.64. The molecule has 0 saturated carbocycles. The zero-order valence-electron chi connectivity index (χ0n) is 24.4. The van der Waals surface area contributed by atoms with Crippen molar-refractivity contribution in [3.05, 3.63) is 29.3 Å². The number of thioether (sulfide) groups is 1. The number of Topliss-reactive ketones (excluding diaryl/α,β-unsaturated/α-hetero) is 1. The number of nitrogens with zero attached hydrogens (tertiary/aromatic N) is 3. The Labute approximate surface area is 242 Å². The van der Waals surface area contributed by atoms with Crippen molar-refractivity contribution in [1.82, 2.24) is 15.5 Å². The Morgan fingerprint density at radius 3 is 1.73 bits per heavy atom. The maximum atomic E-state index is 13.8. The Hall–Kier alpha value is -2.55. The zero-order valence-corrected chi connectivity index (χ0v) is 25.2. The van der Waals surface area contributed by atoms with Gasteiger partial charge in [0.1, 0.15) is 5.78 Å². The molecule has 0 aliphatic heterocycles. The van der Waals surface area contributed by atoms with Crippen LogP contribution in [0.4, 0.5) is 17.6 Å². The molecule has 0 aliphatic carbocycles. The molecule has 1 rings (SSSR count). The van der Waals surface area contributed by atoms with Crippen LogP contribution in [0.2, 0.25) is 0 Å². The number of carbonyl (C=O) groups excluding carboxylic acids is 2. The van der Waals surface area contributed by atoms with Crippen molar-refractivity contribution < 1.29 is 37.6 Å². The van der Waals surface area contributed by atoms with Gasteiger partial charge >= 0.3 is 0 Å². The molecule has 1 aromatic rings. The van der Waals surface area contributed by atoms with E-state index in [-0.39, 0.29) is 42.9 Å². The molecule has 0 aromatic heterocycles. The monoisotopic (exact) mass is 607 g/mol. The molecule has 0 spiro atoms. The summed E-state index contributed by atoms with van der Waals surface area (Å²) >= 11 is 0.0336. The quantitative estimate of drug-likeness (QED) is 0.0471. The van der Waals surface area contributed by atoms with Crippen LogP contribution >= 0.6 is 11.8 Å². The van der Waals surface area contributed by atoms with Crippen molar-refractivity contribution in [3.63, 3.8) is 0 Å². The molecule has 0 heterocycles. The van der Waals surface area contributed by atoms with Crippen molar-refractivity contribution in [3.8, 4) is 0 Å². The van der Waals surface area contributed by atoms with Crippen LogP contribution in [0.5, 0.6) is 0 Å². The second-order valence-electron chi connectivity index (χ2n) is 10.7. The first kappa shape index (κ1) is 36.5. The van der Waals surface area contributed by atoms with E-state index in [4.69, 9.17) is 10.4 Å². The zero-order chi connectivity index (χ0) is 31.4. The molecule has 0 amide bonds. The summed E-state index contributed by atoms with van der Waals surface area (Å²) in [7, 11) is 0. The van der Waals surface area contributed by atoms with Crippen molar-refractivity contribution in [1.29, 1.82) is 0 Å². The average molecular weight is 608 g/mol. The lowest BCUT2D eigenvalue weighted by Gasteiger charge is -2.30. The van der Waals surface area contributed by atoms with E-state index in [0.29, 0.717) is 50.6 Å². The third kappa shape index (κ3) is 12.1. The van der Waals surface area contributed by atoms with Gasteiger partial charge < -0.3 is 25.9 Å². The molecular formula is C27H41F4N5O4S. The van der Waals surface area contributed by atoms with Crippen LogP contribution in [-0.2, 0) is 9.59 Å². The van der Waals surface area contributed by atoms with Crippen LogP contribution in [-0.4, -0.2) is 81.4 Å². The first-order valence-corrected chi connectivity index (χ1v) is 14.0. The Morgan fingerprint density at radius 2 is 1.29 bits per heavy atom. The number of hydrogen-bond donors (Lipinski definition) is 4. The van der Waals surface area contributed by atoms with Gasteiger partial charge in [0, 0.05) is 51.5 Å². The Bertz CT molecular complexity index is 1050. The molecule has 0 saturated heterocycles. The van der Waals surface area contributed by atoms with Crippen LogP contribution in [0.15, 0.2) is 21.3 Å². The summed E-state index contributed by atoms with van der Waals surface area (Å²) in [5.74, 6) is -6.74. The van der Waals surface area contributed by atoms with Gasteiger partial charge in [-0.3, -0.25) is 9.59 Å². The van der Waals surface area contributed by atoms with Crippen LogP contribution in [0.3, 0.4) is 0 Å². The topological polar surface area (TPSA) is 127 Å². The fourth-order valence-corrected chi connectivity index (χ4v) is 4.37. The van der Waals surface area contributed by atoms with Gasteiger partial charge in [0.2, 0.25) is 0 Å². The first-order chi connectivity index (χ1) is 19.0. The molecule has 4 N–H and O–H groups in total. The summed E-state index contributed by atoms with van der Waals surface area (Å²) in [6.45, 7) is 13.9. The molecule has 232 valence electrons. The second kappa shape index (κ2) is 16.8. The van der Waals surface area contributed by atoms with Gasteiger partial charge in [-0.2, -0.15) is 0 Å². The maximum absolute atomic E-state index is 13.8. The minimum absolute atomic E-state index is 0.0336. The lowest BCUT2D eigenvalue weighted by Crippen LogP contribution is -2.50. The SMILES string of the molecule is C/C(=N/O)C(C)(C)NCCN(CCCC(=O)CCC(=O)Sc1c(F)c(F)cc(F)c1F)CCNC(C)(C)/C(C)=N\O. The summed E-state index contributed by atoms with van der Waals surface area (Å²) in [5, 5.41) is 30.6. The van der Waals surface area contributed by atoms with E-state index in [1.54, 1.807) is 13.8 Å². The summed E-state index contributed by atoms with van der Waals surface area (Å²) in [6.07, 6.45) is 0.146. The molecule has 0 aliphatic rings. The minimum atomic E-state index is -1.65. The molecule has 9 nitrogen and oxygen atoms in total. The summed E-state index contributed by atoms with van der Waals surface area (Å²) in [5.41, 5.74) is -0.00653. The van der Waals surface area contributed by atoms with E-state index in [2.05, 4.69) is 25.8 Å². The molecule has 0 unspecified atom stereocenters. The van der Waals surface area contributed by atoms with Crippen LogP contribution in [0.1, 0.15) is 67.2 Å². The minimum Gasteiger partial charge on any atom is -0.411 e. The third-order valence-corrected chi connectivity index (χ3v) is 7.92. The van der Waals surface area contributed by atoms with E-state index >= 15 is 0 Å². The van der Waals surface area contributed by atoms with Gasteiger partial charge in [-0.25, -0.2) is 17.6 Å². The van der Waals surface area contributed by atoms with Gasteiger partial charge in [-0.1, -0.05) is 10.3 Å². The summed E-state index contributed by atoms with van der Waals surface area (Å²) in [4.78, 5) is 25.6. The number of oxime groups is 2. The molecule has 1 aromatic carbocycles. The van der Waals surface area contributed by atoms with Crippen LogP contribution in [0, 0.1) is 23.3 Å². The van der Waals surface area contributed by atoms with Crippen molar-refractivity contribution in [2.75, 3.05) is 32.7 Å². The molecule has 0 atom stereocenters. The highest BCUT2D eigenvalue weighted by Gasteiger charge is 2.24. The third-order valence-electron chi connectivity index (χ3n) is 6.92. The summed E-state index contributed by atoms with van der Waals surface area (Å²) < 4.78 is 54.3. The molecule has 0 radical (unpaired) electrons. The number of carbonyl (C=O) groups is 2. The van der Waals surface area contributed by atoms with Gasteiger partial charge in [0.25, 0.3) is 0 Å². The Morgan fingerprint density at radius 1 is 0.829 bits per heavy atom. The molecular weight excluding hydrogens is 566 g/mol. The van der Waals surface area contributed by atoms with Gasteiger partial charge in [0.15, 0.2) is 28.4 Å². The Kier molecular flexibility index (Phi) is 14.9. The number of ketones is 1. The molecule has 41 heavy (non-hydrogen) atoms. The normalized spacial score (nSPS) is 13.2. The lowest BCUT2D eigenvalue weighted by molar-refractivity contribution is -0.121. The highest BCUT2D eigenvalue weighted by molar-refractivity contribution is 8.13. The average Bonchev–Trinajstić information content (AvgIpc) is 2.91. The highest BCUT2D eigenvalue weighted by atomic mass is 32.2. The van der Waals surface area contributed by atoms with Gasteiger partial charge in [0.05, 0.1) is 27.4 Å². The smallest absolute Gasteiger partial charge is 0.194 e. The second-order valence-corrected chi connectivity index (χ2v) is 11.8. The van der Waals surface area contributed by atoms with Crippen molar-refractivity contribution >= 4 is 34.1 Å². The largest absolute Gasteiger partial charge is 0.411 e. The lowest BCUT2D eigenvalue weighted by atomic mass is 9.99. The first-order valence-electron chi connectivity index (χ1n) is 13.2. The fourth-order valence-electron chi connectivity index (χ4n) is 3.57. The number of nitrogens with one attached hydrogen (secondary N) is 2. The number of benzene rings is 1. The van der Waals surface area contributed by atoms with E-state index in [9.17, 15) is 27.2 Å². The van der Waals surface area contributed by atoms with E-state index < -0.39 is 44.4 Å². The number of halogens is 4. The number of hydrogen-bond acceptors (Lipinski definition) is 10. The molecule has 0 bridgehead atoms. The predicted octanol–water partition coefficient (Wildman–Crippen LogP) is 4.73. The van der Waals surface area contributed by atoms with E-state index in [1.807, 2.05) is 27.7 Å². The van der Waals surface area contributed by atoms with Gasteiger partial charge in [-0.05, 0) is 66.3 Å². The molecule has 0 fully saturated rings. The number of rotatable bonds is 18. The standard InChI is InChI=1S/C27H41F4N5O4S/c1-17(34-39)26(3,4)32-11-14-36(15-12-33-27(5,6)18(2)35-40)13-7-8-19(37)9-10-22(38)41-25-23(30)20(28)16-21(29)24(25)31/h16,32-33,39-40H,7-15H2,1-6H3/b34-17-,35-18-. The van der Waals surface area contributed by atoms with E-state index in [1.165, 1.54) is 0 Å². The molecule has 14 heteroatoms. The van der Waals surface area contributed by atoms with Crippen molar-refractivity contribution in [2.45, 2.75) is 83.2 Å². The van der Waals surface area contributed by atoms with Crippen LogP contribution in [0.25, 0.3) is 0 Å². The predicted molar refractivity (Wildman–Crippen MR) is 151 cm³/mol. The highest BCUT2D eigenvalue weighted by Crippen LogP contribution is 2.30. The van der Waals surface area contributed by atoms with Gasteiger partial charge in [-0.15, -0.1) is 0 Å². The fraction of sp³-hybridized carbons (Fsp3) is 0.630. The van der Waals surface area contributed by atoms with E-state index in [0.717, 1.165) is 0 Å². The van der Waals surface area contributed by atoms with Crippen LogP contribution < -0.4 is 10.6 Å².